The number of anilines is 2. The summed E-state index contributed by atoms with van der Waals surface area (Å²) in [4.78, 5) is 13.4. The molecule has 0 aliphatic carbocycles. The number of nitrogens with one attached hydrogen (secondary N) is 1. The first-order chi connectivity index (χ1) is 9.97. The fraction of sp³-hybridized carbons (Fsp3) is 0.312. The average Bonchev–Trinajstić information content (AvgIpc) is 2.92. The molecular formula is C16H21N3OS. The molecule has 0 saturated heterocycles. The third kappa shape index (κ3) is 3.98. The van der Waals surface area contributed by atoms with Crippen molar-refractivity contribution in [3.05, 3.63) is 46.2 Å². The number of benzene rings is 1. The molecule has 5 heteroatoms. The minimum absolute atomic E-state index is 0.0421. The molecule has 1 amide bonds. The van der Waals surface area contributed by atoms with Crippen LogP contribution in [0.4, 0.5) is 11.4 Å². The lowest BCUT2D eigenvalue weighted by atomic mass is 10.1. The Morgan fingerprint density at radius 1 is 1.38 bits per heavy atom. The molecule has 2 rings (SSSR count). The summed E-state index contributed by atoms with van der Waals surface area (Å²) >= 11 is 1.70. The molecule has 0 radical (unpaired) electrons. The van der Waals surface area contributed by atoms with E-state index >= 15 is 0 Å². The molecule has 21 heavy (non-hydrogen) atoms. The molecule has 1 aromatic carbocycles. The smallest absolute Gasteiger partial charge is 0.253 e. The summed E-state index contributed by atoms with van der Waals surface area (Å²) in [5, 5.41) is 7.63. The zero-order valence-corrected chi connectivity index (χ0v) is 13.4. The van der Waals surface area contributed by atoms with Gasteiger partial charge in [-0.25, -0.2) is 0 Å². The molecule has 0 bridgehead atoms. The quantitative estimate of drug-likeness (QED) is 0.835. The summed E-state index contributed by atoms with van der Waals surface area (Å²) in [6.07, 6.45) is 0.946. The SMILES string of the molecule is CC(Cc1ccsc1)Nc1ccc(C(=O)N(C)C)cc1N. The van der Waals surface area contributed by atoms with Crippen molar-refractivity contribution < 1.29 is 4.79 Å². The van der Waals surface area contributed by atoms with Gasteiger partial charge in [0.15, 0.2) is 0 Å². The predicted molar refractivity (Wildman–Crippen MR) is 90.0 cm³/mol. The normalized spacial score (nSPS) is 12.0. The number of carbonyl (C=O) groups is 1. The van der Waals surface area contributed by atoms with Crippen molar-refractivity contribution in [2.75, 3.05) is 25.1 Å². The maximum Gasteiger partial charge on any atom is 0.253 e. The van der Waals surface area contributed by atoms with Crippen LogP contribution in [-0.4, -0.2) is 30.9 Å². The van der Waals surface area contributed by atoms with Crippen molar-refractivity contribution >= 4 is 28.6 Å². The highest BCUT2D eigenvalue weighted by atomic mass is 32.1. The van der Waals surface area contributed by atoms with Crippen LogP contribution in [0.3, 0.4) is 0 Å². The van der Waals surface area contributed by atoms with Gasteiger partial charge < -0.3 is 16.0 Å². The van der Waals surface area contributed by atoms with Gasteiger partial charge in [0, 0.05) is 25.7 Å². The number of nitrogens with two attached hydrogens (primary N) is 1. The first kappa shape index (κ1) is 15.4. The standard InChI is InChI=1S/C16H21N3OS/c1-11(8-12-6-7-21-10-12)18-15-5-4-13(9-14(15)17)16(20)19(2)3/h4-7,9-11,18H,8,17H2,1-3H3. The molecule has 1 aromatic heterocycles. The molecule has 1 unspecified atom stereocenters. The first-order valence-corrected chi connectivity index (χ1v) is 7.80. The third-order valence-corrected chi connectivity index (χ3v) is 3.96. The second kappa shape index (κ2) is 6.63. The van der Waals surface area contributed by atoms with Gasteiger partial charge in [-0.15, -0.1) is 0 Å². The molecule has 1 atom stereocenters. The van der Waals surface area contributed by atoms with E-state index in [0.717, 1.165) is 12.1 Å². The lowest BCUT2D eigenvalue weighted by Crippen LogP contribution is -2.22. The van der Waals surface area contributed by atoms with E-state index in [-0.39, 0.29) is 11.9 Å². The number of hydrogen-bond acceptors (Lipinski definition) is 4. The minimum atomic E-state index is -0.0421. The topological polar surface area (TPSA) is 58.4 Å². The lowest BCUT2D eigenvalue weighted by molar-refractivity contribution is 0.0827. The Balaban J connectivity index is 2.05. The van der Waals surface area contributed by atoms with Crippen molar-refractivity contribution in [1.82, 2.24) is 4.90 Å². The van der Waals surface area contributed by atoms with Gasteiger partial charge >= 0.3 is 0 Å². The highest BCUT2D eigenvalue weighted by Crippen LogP contribution is 2.22. The molecule has 3 N–H and O–H groups in total. The molecule has 0 fully saturated rings. The lowest BCUT2D eigenvalue weighted by Gasteiger charge is -2.17. The second-order valence-corrected chi connectivity index (χ2v) is 6.16. The van der Waals surface area contributed by atoms with Crippen molar-refractivity contribution in [1.29, 1.82) is 0 Å². The fourth-order valence-electron chi connectivity index (χ4n) is 2.16. The summed E-state index contributed by atoms with van der Waals surface area (Å²) < 4.78 is 0. The molecule has 2 aromatic rings. The Kier molecular flexibility index (Phi) is 4.85. The zero-order chi connectivity index (χ0) is 15.4. The van der Waals surface area contributed by atoms with Gasteiger partial charge in [-0.05, 0) is 53.9 Å². The van der Waals surface area contributed by atoms with E-state index in [4.69, 9.17) is 5.73 Å². The van der Waals surface area contributed by atoms with Gasteiger partial charge in [0.2, 0.25) is 0 Å². The number of carbonyl (C=O) groups excluding carboxylic acids is 1. The number of nitrogen functional groups attached to an aromatic ring is 1. The molecule has 112 valence electrons. The van der Waals surface area contributed by atoms with Crippen LogP contribution in [0.1, 0.15) is 22.8 Å². The maximum atomic E-state index is 11.9. The number of rotatable bonds is 5. The Hall–Kier alpha value is -2.01. The summed E-state index contributed by atoms with van der Waals surface area (Å²) in [7, 11) is 3.46. The number of hydrogen-bond donors (Lipinski definition) is 2. The van der Waals surface area contributed by atoms with E-state index in [0.29, 0.717) is 11.3 Å². The highest BCUT2D eigenvalue weighted by Gasteiger charge is 2.11. The van der Waals surface area contributed by atoms with E-state index in [1.807, 2.05) is 6.07 Å². The molecule has 0 aliphatic heterocycles. The zero-order valence-electron chi connectivity index (χ0n) is 12.6. The van der Waals surface area contributed by atoms with Gasteiger partial charge in [0.05, 0.1) is 11.4 Å². The average molecular weight is 303 g/mol. The summed E-state index contributed by atoms with van der Waals surface area (Å²) in [6.45, 7) is 2.12. The van der Waals surface area contributed by atoms with E-state index in [1.165, 1.54) is 5.56 Å². The van der Waals surface area contributed by atoms with Crippen molar-refractivity contribution in [2.45, 2.75) is 19.4 Å². The molecule has 0 aliphatic rings. The van der Waals surface area contributed by atoms with Crippen molar-refractivity contribution in [3.63, 3.8) is 0 Å². The number of nitrogens with zero attached hydrogens (tertiary/aromatic N) is 1. The monoisotopic (exact) mass is 303 g/mol. The second-order valence-electron chi connectivity index (χ2n) is 5.38. The van der Waals surface area contributed by atoms with Crippen LogP contribution >= 0.6 is 11.3 Å². The van der Waals surface area contributed by atoms with Crippen LogP contribution < -0.4 is 11.1 Å². The fourth-order valence-corrected chi connectivity index (χ4v) is 2.85. The van der Waals surface area contributed by atoms with Gasteiger partial charge in [0.25, 0.3) is 5.91 Å². The molecule has 0 spiro atoms. The first-order valence-electron chi connectivity index (χ1n) is 6.86. The molecule has 0 saturated carbocycles. The molecule has 4 nitrogen and oxygen atoms in total. The largest absolute Gasteiger partial charge is 0.397 e. The Labute approximate surface area is 129 Å². The van der Waals surface area contributed by atoms with Gasteiger partial charge in [-0.3, -0.25) is 4.79 Å². The van der Waals surface area contributed by atoms with Gasteiger partial charge in [-0.1, -0.05) is 0 Å². The number of thiophene rings is 1. The van der Waals surface area contributed by atoms with E-state index in [9.17, 15) is 4.79 Å². The predicted octanol–water partition coefficient (Wildman–Crippen LogP) is 3.08. The summed E-state index contributed by atoms with van der Waals surface area (Å²) in [5.74, 6) is -0.0421. The highest BCUT2D eigenvalue weighted by molar-refractivity contribution is 7.07. The summed E-state index contributed by atoms with van der Waals surface area (Å²) in [5.41, 5.74) is 9.44. The Morgan fingerprint density at radius 3 is 2.71 bits per heavy atom. The van der Waals surface area contributed by atoms with Crippen LogP contribution in [0.5, 0.6) is 0 Å². The van der Waals surface area contributed by atoms with Gasteiger partial charge in [-0.2, -0.15) is 11.3 Å². The van der Waals surface area contributed by atoms with Crippen LogP contribution in [0, 0.1) is 0 Å². The van der Waals surface area contributed by atoms with E-state index in [2.05, 4.69) is 29.1 Å². The Morgan fingerprint density at radius 2 is 2.14 bits per heavy atom. The summed E-state index contributed by atoms with van der Waals surface area (Å²) in [6, 6.07) is 7.80. The third-order valence-electron chi connectivity index (χ3n) is 3.23. The van der Waals surface area contributed by atoms with Crippen LogP contribution in [0.2, 0.25) is 0 Å². The molecule has 1 heterocycles. The maximum absolute atomic E-state index is 11.9. The Bertz CT molecular complexity index is 608. The van der Waals surface area contributed by atoms with Crippen LogP contribution in [0.25, 0.3) is 0 Å². The molecular weight excluding hydrogens is 282 g/mol. The van der Waals surface area contributed by atoms with Crippen molar-refractivity contribution in [3.8, 4) is 0 Å². The van der Waals surface area contributed by atoms with Crippen molar-refractivity contribution in [2.24, 2.45) is 0 Å². The van der Waals surface area contributed by atoms with E-state index in [1.54, 1.807) is 42.5 Å². The van der Waals surface area contributed by atoms with Crippen LogP contribution in [-0.2, 0) is 6.42 Å². The van der Waals surface area contributed by atoms with E-state index < -0.39 is 0 Å². The van der Waals surface area contributed by atoms with Crippen LogP contribution in [0.15, 0.2) is 35.0 Å². The number of amides is 1. The minimum Gasteiger partial charge on any atom is -0.397 e. The van der Waals surface area contributed by atoms with Gasteiger partial charge in [0.1, 0.15) is 0 Å².